The number of halogens is 1. The third kappa shape index (κ3) is 12.8. The monoisotopic (exact) mass is 794 g/mol. The topological polar surface area (TPSA) is 208 Å². The molecule has 2 aromatic carbocycles. The fraction of sp³-hybridized carbons (Fsp3) is 0.524. The number of carbonyl (C=O) groups is 8. The second kappa shape index (κ2) is 21.7. The Balaban J connectivity index is 0.000000306. The highest BCUT2D eigenvalue weighted by molar-refractivity contribution is 6.01. The third-order valence-corrected chi connectivity index (χ3v) is 10.4. The van der Waals surface area contributed by atoms with E-state index in [0.717, 1.165) is 11.3 Å². The summed E-state index contributed by atoms with van der Waals surface area (Å²) in [6.07, 6.45) is 0.00263. The summed E-state index contributed by atoms with van der Waals surface area (Å²) < 4.78 is 12.8. The van der Waals surface area contributed by atoms with Crippen LogP contribution in [0.4, 0.5) is 10.1 Å². The number of carboxylic acids is 2. The molecule has 4 rings (SSSR count). The van der Waals surface area contributed by atoms with Gasteiger partial charge in [-0.15, -0.1) is 0 Å². The van der Waals surface area contributed by atoms with Crippen LogP contribution < -0.4 is 15.5 Å². The van der Waals surface area contributed by atoms with Crippen molar-refractivity contribution in [1.82, 2.24) is 15.5 Å². The van der Waals surface area contributed by atoms with Crippen LogP contribution in [0, 0.1) is 35.5 Å². The first kappa shape index (κ1) is 45.9. The summed E-state index contributed by atoms with van der Waals surface area (Å²) in [5.74, 6) is -7.84. The molecule has 2 aromatic rings. The van der Waals surface area contributed by atoms with E-state index in [-0.39, 0.29) is 35.9 Å². The zero-order valence-corrected chi connectivity index (χ0v) is 33.2. The Morgan fingerprint density at radius 3 is 1.61 bits per heavy atom. The number of Topliss-reactive ketones (excluding diaryl/α,β-unsaturated/α-hetero) is 2. The average molecular weight is 795 g/mol. The summed E-state index contributed by atoms with van der Waals surface area (Å²) in [5, 5.41) is 22.9. The molecule has 2 heterocycles. The average Bonchev–Trinajstić information content (AvgIpc) is 3.71. The number of anilines is 1. The highest BCUT2D eigenvalue weighted by atomic mass is 19.1. The molecule has 0 radical (unpaired) electrons. The minimum Gasteiger partial charge on any atom is -0.481 e. The normalized spacial score (nSPS) is 18.7. The van der Waals surface area contributed by atoms with E-state index in [0.29, 0.717) is 32.5 Å². The quantitative estimate of drug-likeness (QED) is 0.160. The summed E-state index contributed by atoms with van der Waals surface area (Å²) in [5.41, 5.74) is 1.78. The summed E-state index contributed by atoms with van der Waals surface area (Å²) in [4.78, 5) is 101. The molecule has 4 unspecified atom stereocenters. The van der Waals surface area contributed by atoms with E-state index in [2.05, 4.69) is 10.6 Å². The first-order valence-electron chi connectivity index (χ1n) is 19.3. The van der Waals surface area contributed by atoms with Gasteiger partial charge in [-0.2, -0.15) is 0 Å². The molecule has 4 N–H and O–H groups in total. The number of rotatable bonds is 19. The lowest BCUT2D eigenvalue weighted by molar-refractivity contribution is -0.143. The Bertz CT molecular complexity index is 1740. The number of para-hydroxylation sites is 1. The summed E-state index contributed by atoms with van der Waals surface area (Å²) in [7, 11) is 0. The van der Waals surface area contributed by atoms with E-state index in [1.807, 2.05) is 74.5 Å². The molecular weight excluding hydrogens is 739 g/mol. The number of amides is 4. The molecule has 57 heavy (non-hydrogen) atoms. The van der Waals surface area contributed by atoms with Gasteiger partial charge in [-0.25, -0.2) is 4.39 Å². The van der Waals surface area contributed by atoms with Crippen LogP contribution in [0.25, 0.3) is 0 Å². The van der Waals surface area contributed by atoms with Gasteiger partial charge in [0.15, 0.2) is 11.6 Å². The van der Waals surface area contributed by atoms with Crippen LogP contribution >= 0.6 is 0 Å². The molecule has 0 aliphatic carbocycles. The smallest absolute Gasteiger partial charge is 0.305 e. The molecule has 0 spiro atoms. The molecule has 0 aromatic heterocycles. The molecule has 4 amide bonds. The van der Waals surface area contributed by atoms with Gasteiger partial charge >= 0.3 is 11.9 Å². The van der Waals surface area contributed by atoms with Crippen molar-refractivity contribution < 1.29 is 53.0 Å². The van der Waals surface area contributed by atoms with Crippen molar-refractivity contribution >= 4 is 52.8 Å². The number of alkyl halides is 1. The first-order valence-corrected chi connectivity index (χ1v) is 19.3. The lowest BCUT2D eigenvalue weighted by Gasteiger charge is -2.27. The van der Waals surface area contributed by atoms with Gasteiger partial charge in [-0.1, -0.05) is 83.1 Å². The summed E-state index contributed by atoms with van der Waals surface area (Å²) in [6.45, 7) is 9.05. The maximum absolute atomic E-state index is 13.0. The van der Waals surface area contributed by atoms with Crippen molar-refractivity contribution in [1.29, 1.82) is 0 Å². The van der Waals surface area contributed by atoms with Crippen LogP contribution in [0.3, 0.4) is 0 Å². The highest BCUT2D eigenvalue weighted by Crippen LogP contribution is 2.34. The number of nitrogens with zero attached hydrogens (tertiary/aromatic N) is 2. The zero-order valence-electron chi connectivity index (χ0n) is 33.2. The largest absolute Gasteiger partial charge is 0.481 e. The number of hydrogen-bond acceptors (Lipinski definition) is 8. The first-order chi connectivity index (χ1) is 27.0. The number of nitrogens with one attached hydrogen (secondary N) is 2. The van der Waals surface area contributed by atoms with Gasteiger partial charge < -0.3 is 30.6 Å². The Kier molecular flexibility index (Phi) is 17.5. The summed E-state index contributed by atoms with van der Waals surface area (Å²) >= 11 is 0. The fourth-order valence-electron chi connectivity index (χ4n) is 7.57. The number of benzene rings is 2. The van der Waals surface area contributed by atoms with Gasteiger partial charge in [0.1, 0.15) is 12.7 Å². The Morgan fingerprint density at radius 2 is 1.16 bits per heavy atom. The minimum absolute atomic E-state index is 0.114. The second-order valence-electron chi connectivity index (χ2n) is 15.1. The van der Waals surface area contributed by atoms with E-state index in [1.165, 1.54) is 0 Å². The van der Waals surface area contributed by atoms with E-state index < -0.39 is 84.8 Å². The van der Waals surface area contributed by atoms with Crippen LogP contribution in [0.1, 0.15) is 72.3 Å². The van der Waals surface area contributed by atoms with Gasteiger partial charge in [0.25, 0.3) is 0 Å². The van der Waals surface area contributed by atoms with Gasteiger partial charge in [-0.3, -0.25) is 38.4 Å². The van der Waals surface area contributed by atoms with Crippen LogP contribution in [0.5, 0.6) is 0 Å². The molecule has 2 aliphatic heterocycles. The third-order valence-electron chi connectivity index (χ3n) is 10.4. The van der Waals surface area contributed by atoms with E-state index in [9.17, 15) is 42.7 Å². The van der Waals surface area contributed by atoms with Crippen LogP contribution in [0.15, 0.2) is 60.7 Å². The fourth-order valence-corrected chi connectivity index (χ4v) is 7.57. The maximum Gasteiger partial charge on any atom is 0.305 e. The Morgan fingerprint density at radius 1 is 0.702 bits per heavy atom. The SMILES string of the molecule is CC(C)[C@@H](C(=O)NC(CC(=O)O)C(=O)CF)C1CCN(Cc2ccccc2)C1=O.CCC(=O)C(CC(=O)O)NC(=O)[C@H](C(C)C)C1CCN(c2ccccc2)C1=O. The number of aliphatic carboxylic acids is 2. The molecule has 2 saturated heterocycles. The molecule has 15 heteroatoms. The number of hydrogen-bond donors (Lipinski definition) is 4. The standard InChI is InChI=1S/C21H27FN2O5.C21H28N2O5/c1-13(2)19(20(28)23-16(10-18(26)27)17(25)11-22)15-8-9-24(21(15)29)12-14-6-4-3-5-7-14;1-4-17(24)16(12-18(25)26)22-20(27)19(13(2)3)15-10-11-23(21(15)28)14-8-6-5-7-9-14/h3-7,13,15-16,19H,8-12H2,1-2H3,(H,23,28)(H,26,27);5-9,13,15-16,19H,4,10-12H2,1-3H3,(H,22,27)(H,25,26)/t2*15?,16?,19-/m11/s1. The lowest BCUT2D eigenvalue weighted by atomic mass is 9.81. The molecule has 2 aliphatic rings. The highest BCUT2D eigenvalue weighted by Gasteiger charge is 2.44. The minimum atomic E-state index is -1.44. The van der Waals surface area contributed by atoms with Gasteiger partial charge in [-0.05, 0) is 42.4 Å². The number of likely N-dealkylation sites (tertiary alicyclic amines) is 1. The van der Waals surface area contributed by atoms with Crippen molar-refractivity contribution in [2.45, 2.75) is 85.4 Å². The van der Waals surface area contributed by atoms with Crippen molar-refractivity contribution in [2.24, 2.45) is 35.5 Å². The predicted molar refractivity (Wildman–Crippen MR) is 208 cm³/mol. The van der Waals surface area contributed by atoms with E-state index >= 15 is 0 Å². The van der Waals surface area contributed by atoms with Crippen LogP contribution in [-0.2, 0) is 44.9 Å². The van der Waals surface area contributed by atoms with Crippen molar-refractivity contribution in [3.05, 3.63) is 66.2 Å². The molecule has 0 saturated carbocycles. The number of carbonyl (C=O) groups excluding carboxylic acids is 6. The van der Waals surface area contributed by atoms with Crippen LogP contribution in [0.2, 0.25) is 0 Å². The maximum atomic E-state index is 13.0. The molecule has 2 fully saturated rings. The van der Waals surface area contributed by atoms with E-state index in [4.69, 9.17) is 10.2 Å². The zero-order chi connectivity index (χ0) is 42.4. The van der Waals surface area contributed by atoms with Crippen molar-refractivity contribution in [3.8, 4) is 0 Å². The Labute approximate surface area is 332 Å². The van der Waals surface area contributed by atoms with Crippen molar-refractivity contribution in [3.63, 3.8) is 0 Å². The number of ketones is 2. The van der Waals surface area contributed by atoms with Crippen LogP contribution in [-0.4, -0.2) is 94.1 Å². The molecule has 6 atom stereocenters. The van der Waals surface area contributed by atoms with Gasteiger partial charge in [0, 0.05) is 31.7 Å². The molecule has 0 bridgehead atoms. The second-order valence-corrected chi connectivity index (χ2v) is 15.1. The number of carboxylic acid groups (broad SMARTS) is 2. The molecular formula is C42H55FN4O10. The lowest BCUT2D eigenvalue weighted by Crippen LogP contribution is -2.49. The van der Waals surface area contributed by atoms with Crippen molar-refractivity contribution in [2.75, 3.05) is 24.7 Å². The summed E-state index contributed by atoms with van der Waals surface area (Å²) in [6, 6.07) is 16.3. The van der Waals surface area contributed by atoms with Gasteiger partial charge in [0.2, 0.25) is 23.6 Å². The predicted octanol–water partition coefficient (Wildman–Crippen LogP) is 4.06. The Hall–Kier alpha value is -5.47. The van der Waals surface area contributed by atoms with E-state index in [1.54, 1.807) is 30.6 Å². The molecule has 14 nitrogen and oxygen atoms in total. The molecule has 310 valence electrons. The van der Waals surface area contributed by atoms with Gasteiger partial charge in [0.05, 0.1) is 42.6 Å².